The first-order valence-electron chi connectivity index (χ1n) is 9.23. The van der Waals surface area contributed by atoms with E-state index in [1.807, 2.05) is 6.07 Å². The molecule has 0 atom stereocenters. The molecule has 1 fully saturated rings. The maximum atomic E-state index is 5.64. The highest BCUT2D eigenvalue weighted by molar-refractivity contribution is 7.07. The number of ether oxygens (including phenoxy) is 3. The fraction of sp³-hybridized carbons (Fsp3) is 0.450. The number of nitrogens with one attached hydrogen (secondary N) is 2. The minimum absolute atomic E-state index is 0.0147. The normalized spacial score (nSPS) is 18.3. The Balaban J connectivity index is 1.47. The van der Waals surface area contributed by atoms with Crippen LogP contribution in [0.4, 0.5) is 0 Å². The van der Waals surface area contributed by atoms with E-state index in [2.05, 4.69) is 44.6 Å². The van der Waals surface area contributed by atoms with E-state index in [1.165, 1.54) is 11.1 Å². The molecule has 0 unspecified atom stereocenters. The number of nitrogens with zero attached hydrogens (tertiary/aromatic N) is 1. The number of fused-ring (bicyclic) bond motifs is 1. The maximum absolute atomic E-state index is 5.64. The van der Waals surface area contributed by atoms with Gasteiger partial charge in [0.05, 0.1) is 0 Å². The van der Waals surface area contributed by atoms with Crippen LogP contribution in [0.1, 0.15) is 24.0 Å². The molecule has 0 bridgehead atoms. The van der Waals surface area contributed by atoms with Crippen molar-refractivity contribution in [1.82, 2.24) is 10.6 Å². The van der Waals surface area contributed by atoms with E-state index in [0.717, 1.165) is 56.6 Å². The molecule has 0 spiro atoms. The van der Waals surface area contributed by atoms with Gasteiger partial charge in [-0.25, -0.2) is 0 Å². The second-order valence-corrected chi connectivity index (χ2v) is 7.65. The highest BCUT2D eigenvalue weighted by atomic mass is 32.1. The highest BCUT2D eigenvalue weighted by Crippen LogP contribution is 2.40. The molecule has 2 aliphatic rings. The van der Waals surface area contributed by atoms with Crippen molar-refractivity contribution in [3.05, 3.63) is 46.2 Å². The van der Waals surface area contributed by atoms with Gasteiger partial charge in [-0.3, -0.25) is 4.99 Å². The second kappa shape index (κ2) is 8.19. The molecule has 3 heterocycles. The Morgan fingerprint density at radius 3 is 2.78 bits per heavy atom. The lowest BCUT2D eigenvalue weighted by molar-refractivity contribution is 0.0513. The van der Waals surface area contributed by atoms with Crippen LogP contribution in [-0.2, 0) is 16.7 Å². The SMILES string of the molecule is CN=C(NCc1ccsc1)NCC1(c2ccc3c(c2)OCO3)CCOCC1. The third kappa shape index (κ3) is 4.04. The summed E-state index contributed by atoms with van der Waals surface area (Å²) in [6.07, 6.45) is 1.92. The van der Waals surface area contributed by atoms with Gasteiger partial charge in [0.25, 0.3) is 0 Å². The van der Waals surface area contributed by atoms with E-state index in [4.69, 9.17) is 14.2 Å². The third-order valence-electron chi connectivity index (χ3n) is 5.29. The molecule has 1 saturated heterocycles. The van der Waals surface area contributed by atoms with Crippen molar-refractivity contribution in [2.75, 3.05) is 33.6 Å². The molecule has 7 heteroatoms. The smallest absolute Gasteiger partial charge is 0.231 e. The summed E-state index contributed by atoms with van der Waals surface area (Å²) in [6.45, 7) is 3.38. The lowest BCUT2D eigenvalue weighted by atomic mass is 9.74. The molecule has 0 amide bonds. The maximum Gasteiger partial charge on any atom is 0.231 e. The van der Waals surface area contributed by atoms with Gasteiger partial charge in [-0.2, -0.15) is 11.3 Å². The van der Waals surface area contributed by atoms with E-state index in [1.54, 1.807) is 18.4 Å². The fourth-order valence-corrected chi connectivity index (χ4v) is 4.28. The number of thiophene rings is 1. The van der Waals surface area contributed by atoms with Crippen LogP contribution < -0.4 is 20.1 Å². The number of hydrogen-bond acceptors (Lipinski definition) is 5. The molecule has 0 radical (unpaired) electrons. The van der Waals surface area contributed by atoms with Gasteiger partial charge in [0.1, 0.15) is 0 Å². The second-order valence-electron chi connectivity index (χ2n) is 6.87. The lowest BCUT2D eigenvalue weighted by Gasteiger charge is -2.38. The summed E-state index contributed by atoms with van der Waals surface area (Å²) in [5.41, 5.74) is 2.51. The molecular weight excluding hydrogens is 362 g/mol. The van der Waals surface area contributed by atoms with Gasteiger partial charge in [-0.15, -0.1) is 0 Å². The number of rotatable bonds is 5. The van der Waals surface area contributed by atoms with Gasteiger partial charge in [0.2, 0.25) is 6.79 Å². The van der Waals surface area contributed by atoms with E-state index in [-0.39, 0.29) is 5.41 Å². The average Bonchev–Trinajstić information content (AvgIpc) is 3.40. The molecule has 2 aliphatic heterocycles. The molecule has 1 aromatic carbocycles. The lowest BCUT2D eigenvalue weighted by Crippen LogP contribution is -2.47. The van der Waals surface area contributed by atoms with Crippen molar-refractivity contribution in [1.29, 1.82) is 0 Å². The Hall–Kier alpha value is -2.25. The van der Waals surface area contributed by atoms with Crippen LogP contribution >= 0.6 is 11.3 Å². The predicted octanol–water partition coefficient (Wildman–Crippen LogP) is 2.89. The number of benzene rings is 1. The zero-order valence-corrected chi connectivity index (χ0v) is 16.3. The highest BCUT2D eigenvalue weighted by Gasteiger charge is 2.35. The zero-order chi connectivity index (χ0) is 18.5. The first kappa shape index (κ1) is 18.1. The summed E-state index contributed by atoms with van der Waals surface area (Å²) in [7, 11) is 1.81. The number of hydrogen-bond donors (Lipinski definition) is 2. The Labute approximate surface area is 163 Å². The zero-order valence-electron chi connectivity index (χ0n) is 15.5. The molecule has 6 nitrogen and oxygen atoms in total. The molecule has 1 aromatic heterocycles. The van der Waals surface area contributed by atoms with Crippen molar-refractivity contribution < 1.29 is 14.2 Å². The summed E-state index contributed by atoms with van der Waals surface area (Å²) in [5.74, 6) is 2.47. The fourth-order valence-electron chi connectivity index (χ4n) is 3.61. The largest absolute Gasteiger partial charge is 0.454 e. The topological polar surface area (TPSA) is 64.1 Å². The number of aliphatic imine (C=N–C) groups is 1. The van der Waals surface area contributed by atoms with Crippen LogP contribution in [0.2, 0.25) is 0 Å². The molecule has 2 aromatic rings. The van der Waals surface area contributed by atoms with Gasteiger partial charge in [-0.05, 0) is 52.9 Å². The van der Waals surface area contributed by atoms with Crippen molar-refractivity contribution in [2.24, 2.45) is 4.99 Å². The van der Waals surface area contributed by atoms with Crippen molar-refractivity contribution in [2.45, 2.75) is 24.8 Å². The molecule has 2 N–H and O–H groups in total. The molecule has 0 aliphatic carbocycles. The minimum Gasteiger partial charge on any atom is -0.454 e. The van der Waals surface area contributed by atoms with Gasteiger partial charge in [0, 0.05) is 38.8 Å². The van der Waals surface area contributed by atoms with E-state index >= 15 is 0 Å². The molecular formula is C20H25N3O3S. The summed E-state index contributed by atoms with van der Waals surface area (Å²) in [5, 5.41) is 11.1. The predicted molar refractivity (Wildman–Crippen MR) is 107 cm³/mol. The summed E-state index contributed by atoms with van der Waals surface area (Å²) >= 11 is 1.71. The first-order chi connectivity index (χ1) is 13.3. The molecule has 144 valence electrons. The van der Waals surface area contributed by atoms with Crippen LogP contribution in [0.15, 0.2) is 40.0 Å². The van der Waals surface area contributed by atoms with Crippen molar-refractivity contribution in [3.63, 3.8) is 0 Å². The molecule has 0 saturated carbocycles. The van der Waals surface area contributed by atoms with Gasteiger partial charge in [0.15, 0.2) is 17.5 Å². The van der Waals surface area contributed by atoms with Gasteiger partial charge < -0.3 is 24.8 Å². The van der Waals surface area contributed by atoms with Crippen LogP contribution in [0.5, 0.6) is 11.5 Å². The molecule has 4 rings (SSSR count). The minimum atomic E-state index is -0.0147. The Morgan fingerprint density at radius 1 is 1.15 bits per heavy atom. The van der Waals surface area contributed by atoms with E-state index in [9.17, 15) is 0 Å². The summed E-state index contributed by atoms with van der Waals surface area (Å²) in [6, 6.07) is 8.41. The Bertz CT molecular complexity index is 786. The first-order valence-corrected chi connectivity index (χ1v) is 10.2. The van der Waals surface area contributed by atoms with Crippen LogP contribution in [0.3, 0.4) is 0 Å². The monoisotopic (exact) mass is 387 g/mol. The van der Waals surface area contributed by atoms with Crippen molar-refractivity contribution >= 4 is 17.3 Å². The standard InChI is InChI=1S/C20H25N3O3S/c1-21-19(22-11-15-4-9-27-12-15)23-13-20(5-7-24-8-6-20)16-2-3-17-18(10-16)26-14-25-17/h2-4,9-10,12H,5-8,11,13-14H2,1H3,(H2,21,22,23). The number of guanidine groups is 1. The van der Waals surface area contributed by atoms with Crippen LogP contribution in [0, 0.1) is 0 Å². The van der Waals surface area contributed by atoms with Crippen LogP contribution in [0.25, 0.3) is 0 Å². The quantitative estimate of drug-likeness (QED) is 0.610. The summed E-state index contributed by atoms with van der Waals surface area (Å²) < 4.78 is 16.7. The van der Waals surface area contributed by atoms with Gasteiger partial charge >= 0.3 is 0 Å². The Morgan fingerprint density at radius 2 is 2.00 bits per heavy atom. The van der Waals surface area contributed by atoms with E-state index < -0.39 is 0 Å². The van der Waals surface area contributed by atoms with Crippen molar-refractivity contribution in [3.8, 4) is 11.5 Å². The Kier molecular flexibility index (Phi) is 5.50. The van der Waals surface area contributed by atoms with Gasteiger partial charge in [-0.1, -0.05) is 6.07 Å². The third-order valence-corrected chi connectivity index (χ3v) is 6.02. The average molecular weight is 388 g/mol. The molecule has 27 heavy (non-hydrogen) atoms. The summed E-state index contributed by atoms with van der Waals surface area (Å²) in [4.78, 5) is 4.38. The van der Waals surface area contributed by atoms with E-state index in [0.29, 0.717) is 6.79 Å². The van der Waals surface area contributed by atoms with Crippen LogP contribution in [-0.4, -0.2) is 39.6 Å².